The van der Waals surface area contributed by atoms with Gasteiger partial charge in [0.2, 0.25) is 0 Å². The lowest BCUT2D eigenvalue weighted by atomic mass is 9.43. The number of allylic oxidation sites excluding steroid dienone is 1. The lowest BCUT2D eigenvalue weighted by molar-refractivity contribution is -0.140. The van der Waals surface area contributed by atoms with E-state index in [-0.39, 0.29) is 28.9 Å². The molecule has 1 heterocycles. The number of carbonyl (C=O) groups is 1. The number of rotatable bonds is 4. The van der Waals surface area contributed by atoms with E-state index in [0.29, 0.717) is 18.4 Å². The number of aromatic amines is 1. The van der Waals surface area contributed by atoms with Crippen LogP contribution >= 0.6 is 0 Å². The normalized spacial score (nSPS) is 44.4. The Morgan fingerprint density at radius 2 is 2.19 bits per heavy atom. The van der Waals surface area contributed by atoms with Crippen LogP contribution in [-0.4, -0.2) is 40.0 Å². The first-order valence-corrected chi connectivity index (χ1v) is 10.3. The van der Waals surface area contributed by atoms with Gasteiger partial charge in [-0.05, 0) is 67.1 Å². The Hall–Kier alpha value is -1.59. The van der Waals surface area contributed by atoms with Crippen LogP contribution in [0.2, 0.25) is 0 Å². The van der Waals surface area contributed by atoms with E-state index in [1.54, 1.807) is 0 Å². The van der Waals surface area contributed by atoms with E-state index < -0.39 is 11.6 Å². The molecule has 5 nitrogen and oxygen atoms in total. The molecule has 3 N–H and O–H groups in total. The number of hydrogen-bond donors (Lipinski definition) is 3. The van der Waals surface area contributed by atoms with Crippen LogP contribution in [0.15, 0.2) is 23.4 Å². The molecular formula is C22H29NO4. The van der Waals surface area contributed by atoms with Crippen LogP contribution in [0.1, 0.15) is 57.2 Å². The number of H-pyrrole nitrogens is 1. The molecule has 4 aliphatic carbocycles. The first-order chi connectivity index (χ1) is 12.8. The number of aliphatic carboxylic acids is 1. The summed E-state index contributed by atoms with van der Waals surface area (Å²) in [6.45, 7) is 7.01. The zero-order chi connectivity index (χ0) is 19.2. The molecule has 0 radical (unpaired) electrons. The van der Waals surface area contributed by atoms with E-state index in [4.69, 9.17) is 4.74 Å². The molecular weight excluding hydrogens is 342 g/mol. The zero-order valence-electron chi connectivity index (χ0n) is 16.3. The molecule has 6 atom stereocenters. The average molecular weight is 371 g/mol. The summed E-state index contributed by atoms with van der Waals surface area (Å²) < 4.78 is 5.69. The van der Waals surface area contributed by atoms with Crippen LogP contribution in [-0.2, 0) is 16.0 Å². The van der Waals surface area contributed by atoms with Gasteiger partial charge in [-0.1, -0.05) is 13.8 Å². The van der Waals surface area contributed by atoms with Crippen molar-refractivity contribution in [2.45, 2.75) is 58.0 Å². The third-order valence-electron chi connectivity index (χ3n) is 8.65. The van der Waals surface area contributed by atoms with Crippen LogP contribution < -0.4 is 0 Å². The molecule has 2 fully saturated rings. The van der Waals surface area contributed by atoms with E-state index in [9.17, 15) is 15.0 Å². The number of fused-ring (bicyclic) bond motifs is 2. The molecule has 1 aromatic rings. The van der Waals surface area contributed by atoms with Crippen molar-refractivity contribution >= 4 is 5.97 Å². The van der Waals surface area contributed by atoms with Gasteiger partial charge in [-0.15, -0.1) is 0 Å². The molecule has 0 saturated heterocycles. The SMILES string of the molecule is CCOC[C@]1(O)C(C(=O)O)=C2C[C@H]3CC[C@@H](C)[C@@]24[C@@H]1c1cc[nH]c1C[C@@]34C. The maximum Gasteiger partial charge on any atom is 0.334 e. The predicted octanol–water partition coefficient (Wildman–Crippen LogP) is 3.26. The number of carboxylic acid groups (broad SMARTS) is 1. The minimum Gasteiger partial charge on any atom is -0.478 e. The topological polar surface area (TPSA) is 82.6 Å². The van der Waals surface area contributed by atoms with E-state index in [2.05, 4.69) is 24.9 Å². The molecule has 4 aliphatic rings. The number of hydrogen-bond acceptors (Lipinski definition) is 3. The third kappa shape index (κ3) is 1.72. The number of ether oxygens (including phenoxy) is 1. The molecule has 1 aromatic heterocycles. The van der Waals surface area contributed by atoms with Gasteiger partial charge in [-0.25, -0.2) is 4.79 Å². The second-order valence-corrected chi connectivity index (χ2v) is 9.41. The van der Waals surface area contributed by atoms with Gasteiger partial charge in [0, 0.05) is 29.8 Å². The maximum absolute atomic E-state index is 12.5. The number of nitrogens with one attached hydrogen (secondary N) is 1. The Labute approximate surface area is 159 Å². The molecule has 1 spiro atoms. The molecule has 0 aliphatic heterocycles. The van der Waals surface area contributed by atoms with E-state index in [0.717, 1.165) is 36.8 Å². The molecule has 2 saturated carbocycles. The Bertz CT molecular complexity index is 856. The fourth-order valence-corrected chi connectivity index (χ4v) is 7.89. The van der Waals surface area contributed by atoms with Gasteiger partial charge in [0.1, 0.15) is 5.60 Å². The number of aliphatic hydroxyl groups is 1. The summed E-state index contributed by atoms with van der Waals surface area (Å²) in [7, 11) is 0. The van der Waals surface area contributed by atoms with Crippen LogP contribution in [0, 0.1) is 22.7 Å². The lowest BCUT2D eigenvalue weighted by Crippen LogP contribution is -2.58. The second-order valence-electron chi connectivity index (χ2n) is 9.41. The van der Waals surface area contributed by atoms with Crippen LogP contribution in [0.4, 0.5) is 0 Å². The van der Waals surface area contributed by atoms with Crippen molar-refractivity contribution in [1.82, 2.24) is 4.98 Å². The quantitative estimate of drug-likeness (QED) is 0.759. The molecule has 0 aromatic carbocycles. The van der Waals surface area contributed by atoms with E-state index >= 15 is 0 Å². The number of carboxylic acids is 1. The van der Waals surface area contributed by atoms with Crippen molar-refractivity contribution in [2.24, 2.45) is 22.7 Å². The van der Waals surface area contributed by atoms with Gasteiger partial charge in [0.05, 0.1) is 12.2 Å². The summed E-state index contributed by atoms with van der Waals surface area (Å²) in [5.74, 6) is -0.406. The highest BCUT2D eigenvalue weighted by Crippen LogP contribution is 2.80. The van der Waals surface area contributed by atoms with Gasteiger partial charge in [-0.3, -0.25) is 0 Å². The molecule has 5 heteroatoms. The van der Waals surface area contributed by atoms with Crippen molar-refractivity contribution < 1.29 is 19.7 Å². The highest BCUT2D eigenvalue weighted by atomic mass is 16.5. The summed E-state index contributed by atoms with van der Waals surface area (Å²) in [5.41, 5.74) is 1.72. The highest BCUT2D eigenvalue weighted by Gasteiger charge is 2.77. The summed E-state index contributed by atoms with van der Waals surface area (Å²) in [5, 5.41) is 22.2. The Morgan fingerprint density at radius 3 is 2.89 bits per heavy atom. The van der Waals surface area contributed by atoms with Crippen LogP contribution in [0.25, 0.3) is 0 Å². The van der Waals surface area contributed by atoms with Crippen molar-refractivity contribution in [3.8, 4) is 0 Å². The minimum atomic E-state index is -1.48. The molecule has 0 amide bonds. The third-order valence-corrected chi connectivity index (χ3v) is 8.65. The van der Waals surface area contributed by atoms with Gasteiger partial charge in [0.15, 0.2) is 0 Å². The fraction of sp³-hybridized carbons (Fsp3) is 0.682. The largest absolute Gasteiger partial charge is 0.478 e. The summed E-state index contributed by atoms with van der Waals surface area (Å²) in [6.07, 6.45) is 5.92. The van der Waals surface area contributed by atoms with Gasteiger partial charge >= 0.3 is 5.97 Å². The smallest absolute Gasteiger partial charge is 0.334 e. The van der Waals surface area contributed by atoms with Gasteiger partial charge in [-0.2, -0.15) is 0 Å². The maximum atomic E-state index is 12.5. The minimum absolute atomic E-state index is 0.0279. The van der Waals surface area contributed by atoms with Crippen molar-refractivity contribution in [1.29, 1.82) is 0 Å². The molecule has 2 bridgehead atoms. The molecule has 5 rings (SSSR count). The lowest BCUT2D eigenvalue weighted by Gasteiger charge is -2.60. The average Bonchev–Trinajstić information content (AvgIpc) is 3.18. The van der Waals surface area contributed by atoms with E-state index in [1.807, 2.05) is 13.1 Å². The standard InChI is InChI=1S/C22H29NO4/c1-4-27-11-21(26)17(19(24)25)15-9-13-6-5-12(2)22(15)18(21)14-7-8-23-16(14)10-20(13,22)3/h7-8,12-13,18,23,26H,4-6,9-11H2,1-3H3,(H,24,25)/t12-,13-,18-,20+,21+,22+/m1/s1. The van der Waals surface area contributed by atoms with Crippen molar-refractivity contribution in [2.75, 3.05) is 13.2 Å². The number of aromatic nitrogens is 1. The monoisotopic (exact) mass is 371 g/mol. The molecule has 146 valence electrons. The second kappa shape index (κ2) is 5.26. The molecule has 0 unspecified atom stereocenters. The Morgan fingerprint density at radius 1 is 1.41 bits per heavy atom. The fourth-order valence-electron chi connectivity index (χ4n) is 7.89. The van der Waals surface area contributed by atoms with Gasteiger partial charge in [0.25, 0.3) is 0 Å². The molecule has 27 heavy (non-hydrogen) atoms. The van der Waals surface area contributed by atoms with Crippen molar-refractivity contribution in [3.63, 3.8) is 0 Å². The summed E-state index contributed by atoms with van der Waals surface area (Å²) in [6, 6.07) is 2.06. The zero-order valence-corrected chi connectivity index (χ0v) is 16.3. The highest BCUT2D eigenvalue weighted by molar-refractivity contribution is 5.93. The Kier molecular flexibility index (Phi) is 3.41. The van der Waals surface area contributed by atoms with Gasteiger partial charge < -0.3 is 19.9 Å². The Balaban J connectivity index is 1.86. The van der Waals surface area contributed by atoms with Crippen LogP contribution in [0.3, 0.4) is 0 Å². The first kappa shape index (κ1) is 17.5. The summed E-state index contributed by atoms with van der Waals surface area (Å²) in [4.78, 5) is 15.9. The van der Waals surface area contributed by atoms with Crippen molar-refractivity contribution in [3.05, 3.63) is 34.7 Å². The van der Waals surface area contributed by atoms with Crippen LogP contribution in [0.5, 0.6) is 0 Å². The van der Waals surface area contributed by atoms with E-state index in [1.165, 1.54) is 5.69 Å². The predicted molar refractivity (Wildman–Crippen MR) is 100 cm³/mol. The summed E-state index contributed by atoms with van der Waals surface area (Å²) >= 11 is 0. The first-order valence-electron chi connectivity index (χ1n) is 10.3.